The van der Waals surface area contributed by atoms with Gasteiger partial charge in [0.1, 0.15) is 0 Å². The maximum Gasteiger partial charge on any atom is 0.416 e. The lowest BCUT2D eigenvalue weighted by molar-refractivity contribution is -0.137. The predicted octanol–water partition coefficient (Wildman–Crippen LogP) is 5.03. The minimum atomic E-state index is -4.59. The van der Waals surface area contributed by atoms with Crippen LogP contribution in [-0.2, 0) is 16.2 Å². The van der Waals surface area contributed by atoms with E-state index >= 15 is 0 Å². The summed E-state index contributed by atoms with van der Waals surface area (Å²) in [5.74, 6) is -0.862. The Hall–Kier alpha value is -2.85. The minimum Gasteiger partial charge on any atom is -0.366 e. The zero-order valence-corrected chi connectivity index (χ0v) is 17.5. The molecule has 0 radical (unpaired) electrons. The molecule has 1 amide bonds. The molecule has 0 atom stereocenters. The second-order valence-corrected chi connectivity index (χ2v) is 8.82. The highest BCUT2D eigenvalue weighted by Crippen LogP contribution is 2.34. The summed E-state index contributed by atoms with van der Waals surface area (Å²) < 4.78 is 67.0. The Morgan fingerprint density at radius 2 is 1.53 bits per heavy atom. The Balaban J connectivity index is 2.08. The molecule has 0 aromatic heterocycles. The Bertz CT molecular complexity index is 1190. The SMILES string of the molecule is NC(=O)c1cccc(-c2ccc(Br)cc2)c1NS(=O)(=O)c1ccc(C(F)(F)F)cc1. The number of amides is 1. The van der Waals surface area contributed by atoms with Crippen LogP contribution in [0.3, 0.4) is 0 Å². The molecule has 156 valence electrons. The summed E-state index contributed by atoms with van der Waals surface area (Å²) in [5.41, 5.74) is 5.27. The first-order valence-electron chi connectivity index (χ1n) is 8.38. The standard InChI is InChI=1S/C20H14BrF3N2O3S/c21-14-8-4-12(5-9-14)16-2-1-3-17(19(25)27)18(16)26-30(28,29)15-10-6-13(7-11-15)20(22,23)24/h1-11,26H,(H2,25,27). The number of halogens is 4. The van der Waals surface area contributed by atoms with E-state index in [1.807, 2.05) is 0 Å². The van der Waals surface area contributed by atoms with Gasteiger partial charge < -0.3 is 5.73 Å². The van der Waals surface area contributed by atoms with Gasteiger partial charge in [0.25, 0.3) is 15.9 Å². The predicted molar refractivity (Wildman–Crippen MR) is 110 cm³/mol. The van der Waals surface area contributed by atoms with Gasteiger partial charge in [-0.2, -0.15) is 13.2 Å². The molecule has 0 fully saturated rings. The number of sulfonamides is 1. The summed E-state index contributed by atoms with van der Waals surface area (Å²) in [4.78, 5) is 11.5. The fourth-order valence-electron chi connectivity index (χ4n) is 2.75. The summed E-state index contributed by atoms with van der Waals surface area (Å²) >= 11 is 3.31. The number of hydrogen-bond donors (Lipinski definition) is 2. The van der Waals surface area contributed by atoms with Gasteiger partial charge in [-0.1, -0.05) is 40.2 Å². The lowest BCUT2D eigenvalue weighted by Crippen LogP contribution is -2.19. The fraction of sp³-hybridized carbons (Fsp3) is 0.0500. The van der Waals surface area contributed by atoms with Crippen molar-refractivity contribution < 1.29 is 26.4 Å². The Morgan fingerprint density at radius 1 is 0.933 bits per heavy atom. The number of anilines is 1. The van der Waals surface area contributed by atoms with Crippen molar-refractivity contribution in [1.82, 2.24) is 0 Å². The molecule has 10 heteroatoms. The third-order valence-corrected chi connectivity index (χ3v) is 6.11. The number of hydrogen-bond acceptors (Lipinski definition) is 3. The quantitative estimate of drug-likeness (QED) is 0.516. The van der Waals surface area contributed by atoms with Gasteiger partial charge in [0.15, 0.2) is 0 Å². The number of carbonyl (C=O) groups is 1. The third kappa shape index (κ3) is 4.65. The van der Waals surface area contributed by atoms with Crippen LogP contribution in [0.25, 0.3) is 11.1 Å². The van der Waals surface area contributed by atoms with Crippen molar-refractivity contribution >= 4 is 37.5 Å². The molecular weight excluding hydrogens is 485 g/mol. The molecule has 30 heavy (non-hydrogen) atoms. The van der Waals surface area contributed by atoms with Gasteiger partial charge in [-0.15, -0.1) is 0 Å². The second-order valence-electron chi connectivity index (χ2n) is 6.23. The second kappa shape index (κ2) is 8.11. The normalized spacial score (nSPS) is 11.9. The molecule has 0 aliphatic rings. The van der Waals surface area contributed by atoms with Crippen molar-refractivity contribution in [3.8, 4) is 11.1 Å². The van der Waals surface area contributed by atoms with Crippen LogP contribution < -0.4 is 10.5 Å². The number of carbonyl (C=O) groups excluding carboxylic acids is 1. The largest absolute Gasteiger partial charge is 0.416 e. The highest BCUT2D eigenvalue weighted by atomic mass is 79.9. The van der Waals surface area contributed by atoms with Crippen molar-refractivity contribution in [1.29, 1.82) is 0 Å². The first-order valence-corrected chi connectivity index (χ1v) is 10.7. The molecule has 0 heterocycles. The van der Waals surface area contributed by atoms with E-state index < -0.39 is 32.6 Å². The lowest BCUT2D eigenvalue weighted by atomic mass is 10.0. The van der Waals surface area contributed by atoms with E-state index in [0.29, 0.717) is 23.3 Å². The molecule has 3 aromatic carbocycles. The van der Waals surface area contributed by atoms with Gasteiger partial charge in [-0.3, -0.25) is 9.52 Å². The molecule has 3 rings (SSSR count). The number of benzene rings is 3. The first kappa shape index (κ1) is 21.8. The zero-order valence-electron chi connectivity index (χ0n) is 15.1. The van der Waals surface area contributed by atoms with E-state index in [4.69, 9.17) is 5.73 Å². The molecule has 0 unspecified atom stereocenters. The van der Waals surface area contributed by atoms with Crippen LogP contribution in [0.5, 0.6) is 0 Å². The van der Waals surface area contributed by atoms with Crippen LogP contribution in [0.1, 0.15) is 15.9 Å². The summed E-state index contributed by atoms with van der Waals surface area (Å²) in [7, 11) is -4.30. The number of nitrogens with two attached hydrogens (primary N) is 1. The average Bonchev–Trinajstić information content (AvgIpc) is 2.68. The molecule has 0 spiro atoms. The van der Waals surface area contributed by atoms with E-state index in [9.17, 15) is 26.4 Å². The first-order chi connectivity index (χ1) is 14.0. The number of rotatable bonds is 5. The van der Waals surface area contributed by atoms with E-state index in [2.05, 4.69) is 20.7 Å². The smallest absolute Gasteiger partial charge is 0.366 e. The molecule has 0 aliphatic heterocycles. The van der Waals surface area contributed by atoms with Crippen LogP contribution in [0, 0.1) is 0 Å². The third-order valence-electron chi connectivity index (χ3n) is 4.21. The molecule has 0 aliphatic carbocycles. The molecule has 0 saturated carbocycles. The molecule has 0 saturated heterocycles. The summed E-state index contributed by atoms with van der Waals surface area (Å²) in [5, 5.41) is 0. The van der Waals surface area contributed by atoms with Gasteiger partial charge in [0, 0.05) is 10.0 Å². The number of nitrogens with one attached hydrogen (secondary N) is 1. The van der Waals surface area contributed by atoms with E-state index in [-0.39, 0.29) is 11.3 Å². The molecule has 3 N–H and O–H groups in total. The maximum absolute atomic E-state index is 12.8. The van der Waals surface area contributed by atoms with Gasteiger partial charge in [-0.25, -0.2) is 8.42 Å². The Labute approximate surface area is 178 Å². The Kier molecular flexibility index (Phi) is 5.91. The summed E-state index contributed by atoms with van der Waals surface area (Å²) in [6.45, 7) is 0. The minimum absolute atomic E-state index is 0.0628. The van der Waals surface area contributed by atoms with Crippen molar-refractivity contribution in [2.24, 2.45) is 5.73 Å². The average molecular weight is 499 g/mol. The number of alkyl halides is 3. The fourth-order valence-corrected chi connectivity index (χ4v) is 4.12. The topological polar surface area (TPSA) is 89.3 Å². The Morgan fingerprint density at radius 3 is 2.07 bits per heavy atom. The van der Waals surface area contributed by atoms with Crippen molar-refractivity contribution in [3.63, 3.8) is 0 Å². The van der Waals surface area contributed by atoms with E-state index in [1.165, 1.54) is 6.07 Å². The van der Waals surface area contributed by atoms with Gasteiger partial charge in [0.05, 0.1) is 21.7 Å². The van der Waals surface area contributed by atoms with Crippen molar-refractivity contribution in [2.45, 2.75) is 11.1 Å². The highest BCUT2D eigenvalue weighted by molar-refractivity contribution is 9.10. The zero-order chi connectivity index (χ0) is 22.1. The van der Waals surface area contributed by atoms with Crippen LogP contribution >= 0.6 is 15.9 Å². The van der Waals surface area contributed by atoms with Crippen molar-refractivity contribution in [2.75, 3.05) is 4.72 Å². The van der Waals surface area contributed by atoms with Crippen LogP contribution in [0.15, 0.2) is 76.1 Å². The summed E-state index contributed by atoms with van der Waals surface area (Å²) in [6.07, 6.45) is -4.59. The van der Waals surface area contributed by atoms with E-state index in [0.717, 1.165) is 16.6 Å². The summed E-state index contributed by atoms with van der Waals surface area (Å²) in [6, 6.07) is 14.4. The molecule has 0 bridgehead atoms. The maximum atomic E-state index is 12.8. The molecule has 3 aromatic rings. The monoisotopic (exact) mass is 498 g/mol. The van der Waals surface area contributed by atoms with Gasteiger partial charge in [0.2, 0.25) is 0 Å². The van der Waals surface area contributed by atoms with Gasteiger partial charge >= 0.3 is 6.18 Å². The van der Waals surface area contributed by atoms with Crippen LogP contribution in [0.4, 0.5) is 18.9 Å². The number of para-hydroxylation sites is 1. The highest BCUT2D eigenvalue weighted by Gasteiger charge is 2.31. The van der Waals surface area contributed by atoms with Crippen LogP contribution in [-0.4, -0.2) is 14.3 Å². The molecule has 5 nitrogen and oxygen atoms in total. The van der Waals surface area contributed by atoms with Gasteiger partial charge in [-0.05, 0) is 48.0 Å². The lowest BCUT2D eigenvalue weighted by Gasteiger charge is -2.16. The number of primary amides is 1. The van der Waals surface area contributed by atoms with Crippen LogP contribution in [0.2, 0.25) is 0 Å². The van der Waals surface area contributed by atoms with Crippen molar-refractivity contribution in [3.05, 3.63) is 82.3 Å². The molecular formula is C20H14BrF3N2O3S. The van der Waals surface area contributed by atoms with E-state index in [1.54, 1.807) is 36.4 Å².